The van der Waals surface area contributed by atoms with Crippen LogP contribution in [0.5, 0.6) is 5.75 Å². The first-order chi connectivity index (χ1) is 15.0. The van der Waals surface area contributed by atoms with Gasteiger partial charge < -0.3 is 19.9 Å². The van der Waals surface area contributed by atoms with Crippen molar-refractivity contribution in [1.82, 2.24) is 10.8 Å². The van der Waals surface area contributed by atoms with E-state index in [-0.39, 0.29) is 26.4 Å². The van der Waals surface area contributed by atoms with Crippen molar-refractivity contribution in [2.24, 2.45) is 4.99 Å². The predicted molar refractivity (Wildman–Crippen MR) is 115 cm³/mol. The van der Waals surface area contributed by atoms with Crippen molar-refractivity contribution in [1.29, 1.82) is 0 Å². The number of aliphatic imine (C=N–C) groups is 1. The second kappa shape index (κ2) is 11.1. The summed E-state index contributed by atoms with van der Waals surface area (Å²) in [5.41, 5.74) is 3.83. The van der Waals surface area contributed by atoms with Gasteiger partial charge in [-0.25, -0.2) is 9.18 Å². The summed E-state index contributed by atoms with van der Waals surface area (Å²) in [6.07, 6.45) is -0.679. The molecule has 1 aliphatic heterocycles. The number of aliphatic hydroxyl groups is 1. The maximum atomic E-state index is 14.6. The molecule has 0 spiro atoms. The van der Waals surface area contributed by atoms with Crippen LogP contribution in [0.4, 0.5) is 9.18 Å². The summed E-state index contributed by atoms with van der Waals surface area (Å²) >= 11 is 3.24. The lowest BCUT2D eigenvalue weighted by molar-refractivity contribution is 0.0513. The molecule has 10 heteroatoms. The van der Waals surface area contributed by atoms with Gasteiger partial charge in [-0.3, -0.25) is 15.3 Å². The monoisotopic (exact) mass is 495 g/mol. The first kappa shape index (κ1) is 23.0. The first-order valence-electron chi connectivity index (χ1n) is 9.56. The van der Waals surface area contributed by atoms with Crippen LogP contribution in [0.1, 0.15) is 17.0 Å². The van der Waals surface area contributed by atoms with Crippen molar-refractivity contribution in [2.45, 2.75) is 18.6 Å². The Balaban J connectivity index is 1.68. The average Bonchev–Trinajstić information content (AvgIpc) is 3.15. The molecule has 0 radical (unpaired) electrons. The molecule has 0 unspecified atom stereocenters. The van der Waals surface area contributed by atoms with E-state index in [0.717, 1.165) is 5.56 Å². The maximum absolute atomic E-state index is 14.6. The lowest BCUT2D eigenvalue weighted by atomic mass is 9.92. The van der Waals surface area contributed by atoms with E-state index in [2.05, 4.69) is 31.7 Å². The summed E-state index contributed by atoms with van der Waals surface area (Å²) in [7, 11) is 1.57. The Morgan fingerprint density at radius 1 is 1.29 bits per heavy atom. The molecule has 3 rings (SSSR count). The highest BCUT2D eigenvalue weighted by molar-refractivity contribution is 9.10. The minimum Gasteiger partial charge on any atom is -0.497 e. The second-order valence-corrected chi connectivity index (χ2v) is 7.63. The number of benzene rings is 2. The highest BCUT2D eigenvalue weighted by atomic mass is 79.9. The Hall–Kier alpha value is -2.69. The van der Waals surface area contributed by atoms with Gasteiger partial charge in [0.25, 0.3) is 0 Å². The van der Waals surface area contributed by atoms with Crippen LogP contribution in [0, 0.1) is 5.82 Å². The number of hydroxylamine groups is 1. The molecule has 0 aliphatic carbocycles. The second-order valence-electron chi connectivity index (χ2n) is 6.72. The van der Waals surface area contributed by atoms with E-state index in [1.165, 1.54) is 6.07 Å². The standard InChI is InChI=1S/C21H23BrFN3O5/c1-29-15-5-2-13(3-6-15)12-30-21(28)25-19-17(11-24-20(19)26-31-9-8-27)16-7-4-14(22)10-18(16)23/h2-7,10,17,19,27H,8-9,11-12H2,1H3,(H,24,26)(H,25,28)/t17-,19-/m0/s1. The number of nitrogens with zero attached hydrogens (tertiary/aromatic N) is 1. The molecule has 166 valence electrons. The summed E-state index contributed by atoms with van der Waals surface area (Å²) in [4.78, 5) is 21.9. The van der Waals surface area contributed by atoms with Crippen molar-refractivity contribution in [3.63, 3.8) is 0 Å². The topological polar surface area (TPSA) is 101 Å². The molecule has 1 heterocycles. The van der Waals surface area contributed by atoms with Crippen LogP contribution in [-0.4, -0.2) is 49.9 Å². The quantitative estimate of drug-likeness (QED) is 0.384. The Labute approximate surface area is 187 Å². The highest BCUT2D eigenvalue weighted by Crippen LogP contribution is 2.29. The summed E-state index contributed by atoms with van der Waals surface area (Å²) in [6, 6.07) is 11.2. The number of amides is 1. The van der Waals surface area contributed by atoms with Crippen molar-refractivity contribution in [2.75, 3.05) is 26.9 Å². The van der Waals surface area contributed by atoms with Crippen LogP contribution < -0.4 is 15.5 Å². The third-order valence-electron chi connectivity index (χ3n) is 4.69. The van der Waals surface area contributed by atoms with Crippen LogP contribution in [0.3, 0.4) is 0 Å². The van der Waals surface area contributed by atoms with Gasteiger partial charge in [-0.05, 0) is 35.4 Å². The molecule has 8 nitrogen and oxygen atoms in total. The van der Waals surface area contributed by atoms with Gasteiger partial charge in [0, 0.05) is 10.4 Å². The molecule has 0 aromatic heterocycles. The first-order valence-corrected chi connectivity index (χ1v) is 10.3. The normalized spacial score (nSPS) is 17.7. The lowest BCUT2D eigenvalue weighted by Crippen LogP contribution is -2.48. The summed E-state index contributed by atoms with van der Waals surface area (Å²) in [5, 5.41) is 11.6. The largest absolute Gasteiger partial charge is 0.497 e. The number of methoxy groups -OCH3 is 1. The van der Waals surface area contributed by atoms with E-state index in [9.17, 15) is 9.18 Å². The number of ether oxygens (including phenoxy) is 2. The molecular formula is C21H23BrFN3O5. The number of aliphatic hydroxyl groups excluding tert-OH is 1. The van der Waals surface area contributed by atoms with Crippen molar-refractivity contribution >= 4 is 27.9 Å². The smallest absolute Gasteiger partial charge is 0.408 e. The zero-order valence-corrected chi connectivity index (χ0v) is 18.4. The predicted octanol–water partition coefficient (Wildman–Crippen LogP) is 2.90. The van der Waals surface area contributed by atoms with E-state index >= 15 is 0 Å². The zero-order valence-electron chi connectivity index (χ0n) is 16.8. The number of nitrogens with one attached hydrogen (secondary N) is 2. The molecule has 31 heavy (non-hydrogen) atoms. The lowest BCUT2D eigenvalue weighted by Gasteiger charge is -2.23. The number of carbonyl (C=O) groups excluding carboxylic acids is 1. The molecule has 2 aromatic rings. The third kappa shape index (κ3) is 6.16. The van der Waals surface area contributed by atoms with Gasteiger partial charge in [0.1, 0.15) is 30.1 Å². The summed E-state index contributed by atoms with van der Waals surface area (Å²) in [6.45, 7) is 0.144. The number of amidine groups is 1. The molecule has 1 amide bonds. The van der Waals surface area contributed by atoms with E-state index < -0.39 is 23.9 Å². The SMILES string of the molecule is COc1ccc(COC(=O)N[C@@H]2C(NOCCO)=NC[C@H]2c2ccc(Br)cc2F)cc1. The minimum atomic E-state index is -0.697. The van der Waals surface area contributed by atoms with Gasteiger partial charge >= 0.3 is 6.09 Å². The molecule has 1 aliphatic rings. The van der Waals surface area contributed by atoms with Gasteiger partial charge in [0.15, 0.2) is 0 Å². The van der Waals surface area contributed by atoms with Crippen molar-refractivity contribution < 1.29 is 28.6 Å². The van der Waals surface area contributed by atoms with Gasteiger partial charge in [0.05, 0.1) is 26.9 Å². The van der Waals surface area contributed by atoms with Crippen LogP contribution >= 0.6 is 15.9 Å². The molecule has 2 atom stereocenters. The average molecular weight is 496 g/mol. The van der Waals surface area contributed by atoms with E-state index in [1.54, 1.807) is 43.5 Å². The number of hydrogen-bond donors (Lipinski definition) is 3. The number of hydrogen-bond acceptors (Lipinski definition) is 7. The molecule has 0 bridgehead atoms. The molecular weight excluding hydrogens is 473 g/mol. The fourth-order valence-corrected chi connectivity index (χ4v) is 3.48. The molecule has 3 N–H and O–H groups in total. The fraction of sp³-hybridized carbons (Fsp3) is 0.333. The molecule has 0 fully saturated rings. The van der Waals surface area contributed by atoms with Crippen LogP contribution in [-0.2, 0) is 16.2 Å². The number of carbonyl (C=O) groups is 1. The van der Waals surface area contributed by atoms with Crippen LogP contribution in [0.2, 0.25) is 0 Å². The number of rotatable bonds is 8. The highest BCUT2D eigenvalue weighted by Gasteiger charge is 2.36. The summed E-state index contributed by atoms with van der Waals surface area (Å²) < 4.78 is 25.6. The van der Waals surface area contributed by atoms with Gasteiger partial charge in [0.2, 0.25) is 0 Å². The Bertz CT molecular complexity index is 926. The molecule has 0 saturated heterocycles. The van der Waals surface area contributed by atoms with Crippen molar-refractivity contribution in [3.05, 3.63) is 63.9 Å². The van der Waals surface area contributed by atoms with Crippen molar-refractivity contribution in [3.8, 4) is 5.75 Å². The Morgan fingerprint density at radius 2 is 2.06 bits per heavy atom. The number of halogens is 2. The van der Waals surface area contributed by atoms with Crippen LogP contribution in [0.25, 0.3) is 0 Å². The van der Waals surface area contributed by atoms with Gasteiger partial charge in [-0.1, -0.05) is 34.1 Å². The minimum absolute atomic E-state index is 0.0327. The maximum Gasteiger partial charge on any atom is 0.408 e. The van der Waals surface area contributed by atoms with Gasteiger partial charge in [-0.2, -0.15) is 0 Å². The Morgan fingerprint density at radius 3 is 2.74 bits per heavy atom. The molecule has 2 aromatic carbocycles. The number of alkyl carbamates (subject to hydrolysis) is 1. The van der Waals surface area contributed by atoms with E-state index in [0.29, 0.717) is 21.6 Å². The van der Waals surface area contributed by atoms with E-state index in [1.807, 2.05) is 0 Å². The fourth-order valence-electron chi connectivity index (χ4n) is 3.15. The van der Waals surface area contributed by atoms with Gasteiger partial charge in [-0.15, -0.1) is 0 Å². The van der Waals surface area contributed by atoms with E-state index in [4.69, 9.17) is 19.4 Å². The Kier molecular flexibility index (Phi) is 8.21. The summed E-state index contributed by atoms with van der Waals surface area (Å²) in [5.74, 6) is 0.155. The zero-order chi connectivity index (χ0) is 22.2. The third-order valence-corrected chi connectivity index (χ3v) is 5.18. The van der Waals surface area contributed by atoms with Crippen LogP contribution in [0.15, 0.2) is 51.9 Å². The molecule has 0 saturated carbocycles.